The van der Waals surface area contributed by atoms with E-state index in [1.54, 1.807) is 46.2 Å². The Labute approximate surface area is 220 Å². The highest BCUT2D eigenvalue weighted by atomic mass is 35.5. The lowest BCUT2D eigenvalue weighted by Gasteiger charge is -2.25. The number of rotatable bonds is 4. The number of fused-ring (bicyclic) bond motifs is 1. The number of carbonyl (C=O) groups is 3. The number of nitrogens with zero attached hydrogens (tertiary/aromatic N) is 3. The van der Waals surface area contributed by atoms with Crippen LogP contribution in [0.25, 0.3) is 0 Å². The molecular formula is C28H27ClN4O4. The average molecular weight is 519 g/mol. The summed E-state index contributed by atoms with van der Waals surface area (Å²) in [5.74, 6) is -0.202. The van der Waals surface area contributed by atoms with Crippen molar-refractivity contribution in [2.45, 2.75) is 26.3 Å². The standard InChI is InChI=1S/C28H27ClN4O4/c1-17-4-3-5-18(2)25(17)31-26(34)28(36)33-13-12-20-15-32(16-23(20)33)27(35)19-6-9-22(10-7-19)37-24-11-8-21(29)14-30-24/h3-11,14,20,23H,12-13,15-16H2,1-2H3,(H,31,34)/t20-,23-/m0/s1. The largest absolute Gasteiger partial charge is 0.439 e. The normalized spacial score (nSPS) is 18.5. The van der Waals surface area contributed by atoms with Crippen LogP contribution in [0.3, 0.4) is 0 Å². The van der Waals surface area contributed by atoms with E-state index in [1.807, 2.05) is 32.0 Å². The van der Waals surface area contributed by atoms with E-state index in [-0.39, 0.29) is 17.9 Å². The van der Waals surface area contributed by atoms with Crippen molar-refractivity contribution in [2.75, 3.05) is 25.0 Å². The zero-order valence-electron chi connectivity index (χ0n) is 20.6. The first kappa shape index (κ1) is 24.8. The van der Waals surface area contributed by atoms with Crippen LogP contribution in [0.5, 0.6) is 11.6 Å². The molecule has 2 aliphatic heterocycles. The van der Waals surface area contributed by atoms with Crippen molar-refractivity contribution in [1.29, 1.82) is 0 Å². The van der Waals surface area contributed by atoms with Gasteiger partial charge in [0.15, 0.2) is 0 Å². The maximum atomic E-state index is 13.2. The molecule has 3 aromatic rings. The molecule has 1 aromatic heterocycles. The fourth-order valence-electron chi connectivity index (χ4n) is 5.08. The first-order valence-electron chi connectivity index (χ1n) is 12.2. The molecule has 3 heterocycles. The summed E-state index contributed by atoms with van der Waals surface area (Å²) >= 11 is 5.85. The molecular weight excluding hydrogens is 492 g/mol. The van der Waals surface area contributed by atoms with Gasteiger partial charge in [-0.05, 0) is 61.7 Å². The second-order valence-electron chi connectivity index (χ2n) is 9.49. The molecule has 37 heavy (non-hydrogen) atoms. The molecule has 0 radical (unpaired) electrons. The fraction of sp³-hybridized carbons (Fsp3) is 0.286. The number of amides is 3. The van der Waals surface area contributed by atoms with Crippen molar-refractivity contribution in [3.63, 3.8) is 0 Å². The Morgan fingerprint density at radius 2 is 1.73 bits per heavy atom. The second kappa shape index (κ2) is 10.2. The van der Waals surface area contributed by atoms with Crippen LogP contribution >= 0.6 is 11.6 Å². The maximum absolute atomic E-state index is 13.2. The topological polar surface area (TPSA) is 91.8 Å². The third kappa shape index (κ3) is 5.15. The summed E-state index contributed by atoms with van der Waals surface area (Å²) in [7, 11) is 0. The molecule has 190 valence electrons. The van der Waals surface area contributed by atoms with Crippen LogP contribution in [-0.4, -0.2) is 58.2 Å². The number of carbonyl (C=O) groups excluding carboxylic acids is 3. The summed E-state index contributed by atoms with van der Waals surface area (Å²) in [6.07, 6.45) is 2.26. The first-order valence-corrected chi connectivity index (χ1v) is 12.5. The zero-order valence-corrected chi connectivity index (χ0v) is 21.4. The quantitative estimate of drug-likeness (QED) is 0.515. The Kier molecular flexibility index (Phi) is 6.84. The summed E-state index contributed by atoms with van der Waals surface area (Å²) < 4.78 is 5.70. The summed E-state index contributed by atoms with van der Waals surface area (Å²) in [5.41, 5.74) is 3.00. The van der Waals surface area contributed by atoms with Gasteiger partial charge >= 0.3 is 11.8 Å². The van der Waals surface area contributed by atoms with Gasteiger partial charge in [0.25, 0.3) is 5.91 Å². The van der Waals surface area contributed by atoms with Crippen LogP contribution in [0.4, 0.5) is 5.69 Å². The van der Waals surface area contributed by atoms with Gasteiger partial charge in [0, 0.05) is 49.1 Å². The number of ether oxygens (including phenoxy) is 1. The highest BCUT2D eigenvalue weighted by molar-refractivity contribution is 6.39. The van der Waals surface area contributed by atoms with Gasteiger partial charge in [0.1, 0.15) is 5.75 Å². The fourth-order valence-corrected chi connectivity index (χ4v) is 5.19. The molecule has 2 aliphatic rings. The number of halogens is 1. The minimum atomic E-state index is -0.645. The van der Waals surface area contributed by atoms with Gasteiger partial charge in [-0.25, -0.2) is 4.98 Å². The lowest BCUT2D eigenvalue weighted by atomic mass is 10.1. The minimum absolute atomic E-state index is 0.113. The first-order chi connectivity index (χ1) is 17.8. The number of para-hydroxylation sites is 1. The summed E-state index contributed by atoms with van der Waals surface area (Å²) in [6, 6.07) is 15.7. The number of likely N-dealkylation sites (tertiary alicyclic amines) is 2. The van der Waals surface area contributed by atoms with E-state index >= 15 is 0 Å². The number of nitrogens with one attached hydrogen (secondary N) is 1. The molecule has 2 aromatic carbocycles. The predicted molar refractivity (Wildman–Crippen MR) is 140 cm³/mol. The molecule has 0 bridgehead atoms. The lowest BCUT2D eigenvalue weighted by Crippen LogP contribution is -2.45. The van der Waals surface area contributed by atoms with Crippen LogP contribution in [0, 0.1) is 19.8 Å². The Morgan fingerprint density at radius 1 is 1.00 bits per heavy atom. The van der Waals surface area contributed by atoms with Crippen molar-refractivity contribution in [3.8, 4) is 11.6 Å². The van der Waals surface area contributed by atoms with Crippen molar-refractivity contribution in [3.05, 3.63) is 82.5 Å². The van der Waals surface area contributed by atoms with E-state index in [0.29, 0.717) is 47.5 Å². The van der Waals surface area contributed by atoms with E-state index < -0.39 is 11.8 Å². The van der Waals surface area contributed by atoms with Crippen LogP contribution in [0.15, 0.2) is 60.8 Å². The smallest absolute Gasteiger partial charge is 0.313 e. The van der Waals surface area contributed by atoms with E-state index in [0.717, 1.165) is 17.5 Å². The van der Waals surface area contributed by atoms with Gasteiger partial charge in [0.05, 0.1) is 11.1 Å². The second-order valence-corrected chi connectivity index (χ2v) is 9.92. The Hall–Kier alpha value is -3.91. The van der Waals surface area contributed by atoms with Gasteiger partial charge in [-0.2, -0.15) is 0 Å². The van der Waals surface area contributed by atoms with E-state index in [2.05, 4.69) is 10.3 Å². The number of pyridine rings is 1. The Bertz CT molecular complexity index is 1320. The molecule has 3 amide bonds. The van der Waals surface area contributed by atoms with Gasteiger partial charge in [-0.1, -0.05) is 29.8 Å². The maximum Gasteiger partial charge on any atom is 0.313 e. The molecule has 8 nitrogen and oxygen atoms in total. The molecule has 0 spiro atoms. The Balaban J connectivity index is 1.21. The SMILES string of the molecule is Cc1cccc(C)c1NC(=O)C(=O)N1CC[C@H]2CN(C(=O)c3ccc(Oc4ccc(Cl)cn4)cc3)C[C@@H]21. The number of aryl methyl sites for hydroxylation is 2. The predicted octanol–water partition coefficient (Wildman–Crippen LogP) is 4.46. The third-order valence-electron chi connectivity index (χ3n) is 7.03. The van der Waals surface area contributed by atoms with Crippen molar-refractivity contribution in [1.82, 2.24) is 14.8 Å². The van der Waals surface area contributed by atoms with Crippen LogP contribution in [0.2, 0.25) is 5.02 Å². The molecule has 2 saturated heterocycles. The van der Waals surface area contributed by atoms with E-state index in [1.165, 1.54) is 6.20 Å². The molecule has 1 N–H and O–H groups in total. The molecule has 9 heteroatoms. The molecule has 2 fully saturated rings. The number of aromatic nitrogens is 1. The Morgan fingerprint density at radius 3 is 2.41 bits per heavy atom. The molecule has 0 aliphatic carbocycles. The third-order valence-corrected chi connectivity index (χ3v) is 7.26. The summed E-state index contributed by atoms with van der Waals surface area (Å²) in [4.78, 5) is 46.5. The number of benzene rings is 2. The average Bonchev–Trinajstić information content (AvgIpc) is 3.48. The molecule has 0 unspecified atom stereocenters. The van der Waals surface area contributed by atoms with Gasteiger partial charge in [-0.15, -0.1) is 0 Å². The van der Waals surface area contributed by atoms with E-state index in [9.17, 15) is 14.4 Å². The van der Waals surface area contributed by atoms with Crippen molar-refractivity contribution >= 4 is 35.0 Å². The van der Waals surface area contributed by atoms with Crippen LogP contribution in [0.1, 0.15) is 27.9 Å². The van der Waals surface area contributed by atoms with Crippen LogP contribution in [-0.2, 0) is 9.59 Å². The van der Waals surface area contributed by atoms with Gasteiger partial charge < -0.3 is 19.9 Å². The molecule has 5 rings (SSSR count). The van der Waals surface area contributed by atoms with Crippen molar-refractivity contribution < 1.29 is 19.1 Å². The monoisotopic (exact) mass is 518 g/mol. The highest BCUT2D eigenvalue weighted by Gasteiger charge is 2.46. The number of hydrogen-bond acceptors (Lipinski definition) is 5. The minimum Gasteiger partial charge on any atom is -0.439 e. The molecule has 0 saturated carbocycles. The van der Waals surface area contributed by atoms with Gasteiger partial charge in [0.2, 0.25) is 5.88 Å². The number of anilines is 1. The highest BCUT2D eigenvalue weighted by Crippen LogP contribution is 2.33. The zero-order chi connectivity index (χ0) is 26.1. The lowest BCUT2D eigenvalue weighted by molar-refractivity contribution is -0.143. The van der Waals surface area contributed by atoms with Gasteiger partial charge in [-0.3, -0.25) is 14.4 Å². The summed E-state index contributed by atoms with van der Waals surface area (Å²) in [6.45, 7) is 5.26. The summed E-state index contributed by atoms with van der Waals surface area (Å²) in [5, 5.41) is 3.31. The van der Waals surface area contributed by atoms with Crippen molar-refractivity contribution in [2.24, 2.45) is 5.92 Å². The van der Waals surface area contributed by atoms with E-state index in [4.69, 9.17) is 16.3 Å². The number of hydrogen-bond donors (Lipinski definition) is 1. The molecule has 2 atom stereocenters. The van der Waals surface area contributed by atoms with Crippen LogP contribution < -0.4 is 10.1 Å².